The third-order valence-electron chi connectivity index (χ3n) is 4.31. The standard InChI is InChI=1S/C18H13BrN6.C2HF3O2/c19-14-3-1-2-12(8-14)16(4-6-20)25-10-13(9-24-25)17-15-5-7-21-18(15)23-11-22-17;3-2(4,5)1(6)7/h1-3,5,7-11,16H,4H2,(H,21,22,23);(H,6,7). The number of halogens is 4. The Morgan fingerprint density at radius 2 is 2.06 bits per heavy atom. The Bertz CT molecular complexity index is 1280. The molecular weight excluding hydrogens is 493 g/mol. The molecule has 4 rings (SSSR count). The molecule has 0 aliphatic rings. The highest BCUT2D eigenvalue weighted by molar-refractivity contribution is 9.10. The molecule has 0 aliphatic heterocycles. The first-order valence-corrected chi connectivity index (χ1v) is 9.75. The number of carbonyl (C=O) groups is 1. The van der Waals surface area contributed by atoms with Crippen molar-refractivity contribution in [3.05, 3.63) is 65.3 Å². The van der Waals surface area contributed by atoms with Crippen molar-refractivity contribution in [1.82, 2.24) is 24.7 Å². The molecule has 12 heteroatoms. The number of carboxylic acid groups (broad SMARTS) is 1. The van der Waals surface area contributed by atoms with Crippen LogP contribution in [0, 0.1) is 11.3 Å². The number of hydrogen-bond acceptors (Lipinski definition) is 5. The zero-order valence-electron chi connectivity index (χ0n) is 16.1. The average Bonchev–Trinajstić information content (AvgIpc) is 3.41. The summed E-state index contributed by atoms with van der Waals surface area (Å²) in [7, 11) is 0. The highest BCUT2D eigenvalue weighted by Gasteiger charge is 2.38. The van der Waals surface area contributed by atoms with E-state index in [0.717, 1.165) is 32.3 Å². The summed E-state index contributed by atoms with van der Waals surface area (Å²) in [5.74, 6) is -2.76. The number of rotatable bonds is 4. The van der Waals surface area contributed by atoms with Crippen LogP contribution >= 0.6 is 15.9 Å². The summed E-state index contributed by atoms with van der Waals surface area (Å²) in [4.78, 5) is 20.6. The number of aliphatic carboxylic acids is 1. The Morgan fingerprint density at radius 3 is 2.72 bits per heavy atom. The molecular formula is C20H14BrF3N6O2. The SMILES string of the molecule is N#CCC(c1cccc(Br)c1)n1cc(-c2ncnc3[nH]ccc23)cn1.O=C(O)C(F)(F)F. The van der Waals surface area contributed by atoms with Crippen LogP contribution < -0.4 is 0 Å². The average molecular weight is 507 g/mol. The first-order chi connectivity index (χ1) is 15.2. The van der Waals surface area contributed by atoms with Gasteiger partial charge in [0.05, 0.1) is 30.4 Å². The minimum absolute atomic E-state index is 0.153. The van der Waals surface area contributed by atoms with Gasteiger partial charge in [0.15, 0.2) is 0 Å². The predicted octanol–water partition coefficient (Wildman–Crippen LogP) is 4.72. The van der Waals surface area contributed by atoms with Gasteiger partial charge in [0.1, 0.15) is 12.0 Å². The maximum atomic E-state index is 10.6. The molecule has 3 aromatic heterocycles. The summed E-state index contributed by atoms with van der Waals surface area (Å²) in [6.45, 7) is 0. The third kappa shape index (κ3) is 5.30. The van der Waals surface area contributed by atoms with Crippen molar-refractivity contribution in [1.29, 1.82) is 5.26 Å². The second-order valence-electron chi connectivity index (χ2n) is 6.41. The Hall–Kier alpha value is -3.72. The predicted molar refractivity (Wildman–Crippen MR) is 111 cm³/mol. The number of hydrogen-bond donors (Lipinski definition) is 2. The second-order valence-corrected chi connectivity index (χ2v) is 7.32. The van der Waals surface area contributed by atoms with E-state index >= 15 is 0 Å². The molecule has 8 nitrogen and oxygen atoms in total. The number of fused-ring (bicyclic) bond motifs is 1. The van der Waals surface area contributed by atoms with Crippen molar-refractivity contribution in [2.45, 2.75) is 18.6 Å². The van der Waals surface area contributed by atoms with Gasteiger partial charge in [0, 0.05) is 27.8 Å². The maximum Gasteiger partial charge on any atom is 0.490 e. The fourth-order valence-electron chi connectivity index (χ4n) is 2.90. The van der Waals surface area contributed by atoms with Crippen LogP contribution in [0.25, 0.3) is 22.3 Å². The molecule has 0 aliphatic carbocycles. The summed E-state index contributed by atoms with van der Waals surface area (Å²) in [5.41, 5.74) is 3.53. The summed E-state index contributed by atoms with van der Waals surface area (Å²) < 4.78 is 34.5. The van der Waals surface area contributed by atoms with Gasteiger partial charge in [-0.25, -0.2) is 14.8 Å². The van der Waals surface area contributed by atoms with E-state index in [1.807, 2.05) is 47.4 Å². The van der Waals surface area contributed by atoms with E-state index in [0.29, 0.717) is 6.42 Å². The van der Waals surface area contributed by atoms with Gasteiger partial charge < -0.3 is 10.1 Å². The number of carboxylic acids is 1. The van der Waals surface area contributed by atoms with Gasteiger partial charge in [-0.1, -0.05) is 28.1 Å². The van der Waals surface area contributed by atoms with Crippen LogP contribution in [-0.2, 0) is 4.79 Å². The first-order valence-electron chi connectivity index (χ1n) is 8.96. The van der Waals surface area contributed by atoms with Crippen LogP contribution in [0.2, 0.25) is 0 Å². The summed E-state index contributed by atoms with van der Waals surface area (Å²) >= 11 is 3.49. The Balaban J connectivity index is 0.000000360. The van der Waals surface area contributed by atoms with Crippen LogP contribution in [0.5, 0.6) is 0 Å². The van der Waals surface area contributed by atoms with Gasteiger partial charge >= 0.3 is 12.1 Å². The molecule has 3 heterocycles. The Kier molecular flexibility index (Phi) is 6.89. The van der Waals surface area contributed by atoms with Crippen LogP contribution in [0.15, 0.2) is 59.7 Å². The van der Waals surface area contributed by atoms with E-state index in [9.17, 15) is 18.4 Å². The van der Waals surface area contributed by atoms with Gasteiger partial charge in [-0.2, -0.15) is 23.5 Å². The van der Waals surface area contributed by atoms with Gasteiger partial charge in [-0.05, 0) is 23.8 Å². The Morgan fingerprint density at radius 1 is 1.31 bits per heavy atom. The lowest BCUT2D eigenvalue weighted by atomic mass is 10.0. The lowest BCUT2D eigenvalue weighted by Crippen LogP contribution is -2.21. The molecule has 0 radical (unpaired) electrons. The maximum absolute atomic E-state index is 10.6. The number of nitrogens with zero attached hydrogens (tertiary/aromatic N) is 5. The first kappa shape index (κ1) is 23.0. The number of H-pyrrole nitrogens is 1. The molecule has 1 unspecified atom stereocenters. The van der Waals surface area contributed by atoms with Crippen LogP contribution in [0.3, 0.4) is 0 Å². The van der Waals surface area contributed by atoms with Crippen molar-refractivity contribution >= 4 is 32.9 Å². The van der Waals surface area contributed by atoms with Crippen LogP contribution in [0.1, 0.15) is 18.0 Å². The minimum Gasteiger partial charge on any atom is -0.475 e. The fourth-order valence-corrected chi connectivity index (χ4v) is 3.31. The number of aromatic nitrogens is 5. The largest absolute Gasteiger partial charge is 0.490 e. The number of benzene rings is 1. The van der Waals surface area contributed by atoms with Crippen molar-refractivity contribution in [3.8, 4) is 17.3 Å². The van der Waals surface area contributed by atoms with Crippen LogP contribution in [-0.4, -0.2) is 42.0 Å². The van der Waals surface area contributed by atoms with Crippen LogP contribution in [0.4, 0.5) is 13.2 Å². The number of nitrogens with one attached hydrogen (secondary N) is 1. The van der Waals surface area contributed by atoms with Gasteiger partial charge in [0.25, 0.3) is 0 Å². The topological polar surface area (TPSA) is 120 Å². The zero-order valence-corrected chi connectivity index (χ0v) is 17.7. The van der Waals surface area contributed by atoms with Gasteiger partial charge in [0.2, 0.25) is 0 Å². The number of alkyl halides is 3. The van der Waals surface area contributed by atoms with Gasteiger partial charge in [-0.3, -0.25) is 4.68 Å². The zero-order chi connectivity index (χ0) is 23.3. The van der Waals surface area contributed by atoms with Crippen molar-refractivity contribution in [2.24, 2.45) is 0 Å². The molecule has 0 amide bonds. The monoisotopic (exact) mass is 506 g/mol. The molecule has 0 fully saturated rings. The molecule has 0 bridgehead atoms. The molecule has 1 atom stereocenters. The van der Waals surface area contributed by atoms with E-state index < -0.39 is 12.1 Å². The molecule has 4 aromatic rings. The van der Waals surface area contributed by atoms with Gasteiger partial charge in [-0.15, -0.1) is 0 Å². The fraction of sp³-hybridized carbons (Fsp3) is 0.150. The molecule has 0 saturated carbocycles. The lowest BCUT2D eigenvalue weighted by Gasteiger charge is -2.15. The van der Waals surface area contributed by atoms with E-state index in [-0.39, 0.29) is 6.04 Å². The van der Waals surface area contributed by atoms with Crippen molar-refractivity contribution in [2.75, 3.05) is 0 Å². The molecule has 1 aromatic carbocycles. The smallest absolute Gasteiger partial charge is 0.475 e. The number of aromatic amines is 1. The van der Waals surface area contributed by atoms with E-state index in [1.54, 1.807) is 6.20 Å². The highest BCUT2D eigenvalue weighted by Crippen LogP contribution is 2.28. The van der Waals surface area contributed by atoms with E-state index in [1.165, 1.54) is 6.33 Å². The Labute approximate surface area is 187 Å². The number of nitriles is 1. The molecule has 164 valence electrons. The molecule has 32 heavy (non-hydrogen) atoms. The molecule has 0 spiro atoms. The minimum atomic E-state index is -5.08. The van der Waals surface area contributed by atoms with Crippen molar-refractivity contribution < 1.29 is 23.1 Å². The normalized spacial score (nSPS) is 12.0. The summed E-state index contributed by atoms with van der Waals surface area (Å²) in [6, 6.07) is 12.0. The quantitative estimate of drug-likeness (QED) is 0.413. The summed E-state index contributed by atoms with van der Waals surface area (Å²) in [5, 5.41) is 21.8. The van der Waals surface area contributed by atoms with E-state index in [4.69, 9.17) is 9.90 Å². The lowest BCUT2D eigenvalue weighted by molar-refractivity contribution is -0.192. The molecule has 0 saturated heterocycles. The third-order valence-corrected chi connectivity index (χ3v) is 4.80. The summed E-state index contributed by atoms with van der Waals surface area (Å²) in [6.07, 6.45) is 2.33. The van der Waals surface area contributed by atoms with Crippen molar-refractivity contribution in [3.63, 3.8) is 0 Å². The highest BCUT2D eigenvalue weighted by atomic mass is 79.9. The second kappa shape index (κ2) is 9.61. The molecule has 2 N–H and O–H groups in total. The van der Waals surface area contributed by atoms with E-state index in [2.05, 4.69) is 42.0 Å².